The average molecular weight is 377 g/mol. The van der Waals surface area contributed by atoms with Crippen LogP contribution in [-0.2, 0) is 11.3 Å². The highest BCUT2D eigenvalue weighted by Crippen LogP contribution is 2.32. The molecule has 27 heavy (non-hydrogen) atoms. The van der Waals surface area contributed by atoms with E-state index in [0.29, 0.717) is 29.3 Å². The second kappa shape index (κ2) is 7.21. The first-order valence-electron chi connectivity index (χ1n) is 8.34. The Bertz CT molecular complexity index is 898. The molecule has 1 aliphatic heterocycles. The lowest BCUT2D eigenvalue weighted by Crippen LogP contribution is -2.56. The van der Waals surface area contributed by atoms with E-state index in [2.05, 4.69) is 20.3 Å². The van der Waals surface area contributed by atoms with Crippen molar-refractivity contribution in [2.45, 2.75) is 37.2 Å². The van der Waals surface area contributed by atoms with Crippen molar-refractivity contribution in [2.75, 3.05) is 11.9 Å². The van der Waals surface area contributed by atoms with Crippen LogP contribution in [0.3, 0.4) is 0 Å². The number of furan rings is 1. The summed E-state index contributed by atoms with van der Waals surface area (Å²) in [6.07, 6.45) is -2.22. The van der Waals surface area contributed by atoms with E-state index in [1.54, 1.807) is 18.4 Å². The molecule has 144 valence electrons. The summed E-state index contributed by atoms with van der Waals surface area (Å²) in [6, 6.07) is 3.57. The van der Waals surface area contributed by atoms with Gasteiger partial charge in [-0.2, -0.15) is 0 Å². The molecule has 1 saturated heterocycles. The van der Waals surface area contributed by atoms with Gasteiger partial charge >= 0.3 is 0 Å². The van der Waals surface area contributed by atoms with Crippen LogP contribution in [0.25, 0.3) is 11.2 Å². The van der Waals surface area contributed by atoms with Crippen LogP contribution >= 0.6 is 0 Å². The Kier molecular flexibility index (Phi) is 4.76. The molecule has 0 aliphatic carbocycles. The molecule has 3 aromatic rings. The molecule has 5 unspecified atom stereocenters. The van der Waals surface area contributed by atoms with E-state index >= 15 is 0 Å². The molecular weight excluding hydrogens is 358 g/mol. The van der Waals surface area contributed by atoms with Crippen LogP contribution in [0.2, 0.25) is 0 Å². The number of nitrogens with zero attached hydrogens (tertiary/aromatic N) is 4. The van der Waals surface area contributed by atoms with Gasteiger partial charge in [-0.05, 0) is 12.1 Å². The molecule has 0 saturated carbocycles. The minimum atomic E-state index is -1.50. The standard InChI is InChI=1S/C16H19N5O6/c22-5-9-11(23)12(24)13(25)16(27-9)21-7-20-15-10(21)14(18-6-19-15)17-4-8-2-1-3-26-8/h1-3,6-7,9,11-13,16,22-25H,4-5H2,(H,17,18,19). The second-order valence-electron chi connectivity index (χ2n) is 6.20. The number of aliphatic hydroxyl groups is 4. The molecule has 1 aliphatic rings. The Morgan fingerprint density at radius 2 is 1.96 bits per heavy atom. The van der Waals surface area contributed by atoms with E-state index in [1.165, 1.54) is 17.2 Å². The number of hydrogen-bond acceptors (Lipinski definition) is 10. The molecule has 1 fully saturated rings. The minimum Gasteiger partial charge on any atom is -0.467 e. The monoisotopic (exact) mass is 377 g/mol. The van der Waals surface area contributed by atoms with E-state index < -0.39 is 37.3 Å². The lowest BCUT2D eigenvalue weighted by Gasteiger charge is -2.40. The number of nitrogens with one attached hydrogen (secondary N) is 1. The van der Waals surface area contributed by atoms with Crippen molar-refractivity contribution in [3.8, 4) is 0 Å². The highest BCUT2D eigenvalue weighted by Gasteiger charge is 2.44. The molecule has 4 heterocycles. The van der Waals surface area contributed by atoms with E-state index in [1.807, 2.05) is 0 Å². The summed E-state index contributed by atoms with van der Waals surface area (Å²) in [5.74, 6) is 1.12. The predicted molar refractivity (Wildman–Crippen MR) is 90.4 cm³/mol. The van der Waals surface area contributed by atoms with Gasteiger partial charge in [0.1, 0.15) is 48.3 Å². The number of fused-ring (bicyclic) bond motifs is 1. The number of hydrogen-bond donors (Lipinski definition) is 5. The quantitative estimate of drug-likeness (QED) is 0.373. The first-order chi connectivity index (χ1) is 13.1. The Hall–Kier alpha value is -2.57. The molecular formula is C16H19N5O6. The van der Waals surface area contributed by atoms with Crippen LogP contribution in [-0.4, -0.2) is 71.0 Å². The van der Waals surface area contributed by atoms with Crippen molar-refractivity contribution >= 4 is 17.0 Å². The lowest BCUT2D eigenvalue weighted by molar-refractivity contribution is -0.250. The molecule has 5 N–H and O–H groups in total. The van der Waals surface area contributed by atoms with Crippen LogP contribution in [0.1, 0.15) is 12.0 Å². The van der Waals surface area contributed by atoms with Crippen LogP contribution in [0.4, 0.5) is 5.82 Å². The highest BCUT2D eigenvalue weighted by molar-refractivity contribution is 5.83. The maximum Gasteiger partial charge on any atom is 0.183 e. The number of rotatable bonds is 5. The van der Waals surface area contributed by atoms with E-state index in [0.717, 1.165) is 0 Å². The maximum atomic E-state index is 10.4. The molecule has 0 bridgehead atoms. The largest absolute Gasteiger partial charge is 0.467 e. The third kappa shape index (κ3) is 3.15. The van der Waals surface area contributed by atoms with Gasteiger partial charge < -0.3 is 34.9 Å². The maximum absolute atomic E-state index is 10.4. The fraction of sp³-hybridized carbons (Fsp3) is 0.438. The summed E-state index contributed by atoms with van der Waals surface area (Å²) in [4.78, 5) is 12.5. The topological polar surface area (TPSA) is 159 Å². The lowest BCUT2D eigenvalue weighted by atomic mass is 9.98. The van der Waals surface area contributed by atoms with E-state index in [4.69, 9.17) is 9.15 Å². The molecule has 11 heteroatoms. The first kappa shape index (κ1) is 17.8. The summed E-state index contributed by atoms with van der Waals surface area (Å²) >= 11 is 0. The molecule has 4 rings (SSSR count). The van der Waals surface area contributed by atoms with Gasteiger partial charge in [0.15, 0.2) is 17.7 Å². The minimum absolute atomic E-state index is 0.351. The van der Waals surface area contributed by atoms with Crippen molar-refractivity contribution in [1.29, 1.82) is 0 Å². The zero-order valence-corrected chi connectivity index (χ0v) is 14.1. The van der Waals surface area contributed by atoms with Gasteiger partial charge in [0.05, 0.1) is 19.4 Å². The Morgan fingerprint density at radius 1 is 1.11 bits per heavy atom. The van der Waals surface area contributed by atoms with Gasteiger partial charge in [-0.25, -0.2) is 15.0 Å². The van der Waals surface area contributed by atoms with Gasteiger partial charge in [0.2, 0.25) is 0 Å². The summed E-state index contributed by atoms with van der Waals surface area (Å²) in [6.45, 7) is -0.160. The van der Waals surface area contributed by atoms with Crippen molar-refractivity contribution in [3.63, 3.8) is 0 Å². The third-order valence-electron chi connectivity index (χ3n) is 4.52. The van der Waals surface area contributed by atoms with Crippen LogP contribution in [0.15, 0.2) is 35.5 Å². The van der Waals surface area contributed by atoms with Gasteiger partial charge in [-0.15, -0.1) is 0 Å². The van der Waals surface area contributed by atoms with Crippen molar-refractivity contribution in [3.05, 3.63) is 36.8 Å². The molecule has 0 spiro atoms. The fourth-order valence-electron chi connectivity index (χ4n) is 3.09. The SMILES string of the molecule is OCC1OC(n2cnc3ncnc(NCc4ccco4)c32)C(O)C(O)C1O. The van der Waals surface area contributed by atoms with E-state index in [-0.39, 0.29) is 0 Å². The number of aromatic nitrogens is 4. The van der Waals surface area contributed by atoms with Gasteiger partial charge in [0.25, 0.3) is 0 Å². The Morgan fingerprint density at radius 3 is 2.70 bits per heavy atom. The predicted octanol–water partition coefficient (Wildman–Crippen LogP) is -0.996. The number of imidazole rings is 1. The fourth-order valence-corrected chi connectivity index (χ4v) is 3.09. The molecule has 0 aromatic carbocycles. The first-order valence-corrected chi connectivity index (χ1v) is 8.34. The summed E-state index contributed by atoms with van der Waals surface area (Å²) < 4.78 is 12.3. The smallest absolute Gasteiger partial charge is 0.183 e. The molecule has 5 atom stereocenters. The van der Waals surface area contributed by atoms with Gasteiger partial charge in [-0.3, -0.25) is 4.57 Å². The number of aliphatic hydroxyl groups excluding tert-OH is 4. The number of ether oxygens (including phenoxy) is 1. The molecule has 11 nitrogen and oxygen atoms in total. The zero-order valence-electron chi connectivity index (χ0n) is 14.1. The summed E-state index contributed by atoms with van der Waals surface area (Å²) in [7, 11) is 0. The van der Waals surface area contributed by atoms with Crippen LogP contribution in [0, 0.1) is 0 Å². The average Bonchev–Trinajstić information content (AvgIpc) is 3.35. The Balaban J connectivity index is 1.69. The second-order valence-corrected chi connectivity index (χ2v) is 6.20. The third-order valence-corrected chi connectivity index (χ3v) is 4.52. The Labute approximate surface area is 152 Å². The number of anilines is 1. The normalized spacial score (nSPS) is 28.5. The van der Waals surface area contributed by atoms with Crippen molar-refractivity contribution < 1.29 is 29.6 Å². The summed E-state index contributed by atoms with van der Waals surface area (Å²) in [5.41, 5.74) is 0.789. The van der Waals surface area contributed by atoms with Crippen LogP contribution in [0.5, 0.6) is 0 Å². The molecule has 3 aromatic heterocycles. The zero-order chi connectivity index (χ0) is 19.0. The molecule has 0 radical (unpaired) electrons. The van der Waals surface area contributed by atoms with Gasteiger partial charge in [0, 0.05) is 0 Å². The van der Waals surface area contributed by atoms with Crippen molar-refractivity contribution in [1.82, 2.24) is 19.5 Å². The van der Waals surface area contributed by atoms with Crippen LogP contribution < -0.4 is 5.32 Å². The van der Waals surface area contributed by atoms with Gasteiger partial charge in [-0.1, -0.05) is 0 Å². The highest BCUT2D eigenvalue weighted by atomic mass is 16.6. The summed E-state index contributed by atoms with van der Waals surface area (Å²) in [5, 5.41) is 42.9. The van der Waals surface area contributed by atoms with E-state index in [9.17, 15) is 20.4 Å². The molecule has 0 amide bonds. The van der Waals surface area contributed by atoms with Crippen molar-refractivity contribution in [2.24, 2.45) is 0 Å².